The third kappa shape index (κ3) is 2.40. The fraction of sp³-hybridized carbons (Fsp3) is 0.467. The maximum Gasteiger partial charge on any atom is 0.141 e. The summed E-state index contributed by atoms with van der Waals surface area (Å²) < 4.78 is 0. The van der Waals surface area contributed by atoms with Crippen LogP contribution in [0.15, 0.2) is 30.6 Å². The lowest BCUT2D eigenvalue weighted by Crippen LogP contribution is -2.29. The third-order valence-electron chi connectivity index (χ3n) is 4.09. The number of benzene rings is 1. The normalized spacial score (nSPS) is 23.9. The van der Waals surface area contributed by atoms with E-state index in [2.05, 4.69) is 58.6 Å². The maximum atomic E-state index is 4.22. The van der Waals surface area contributed by atoms with Crippen LogP contribution >= 0.6 is 0 Å². The molecule has 2 N–H and O–H groups in total. The molecule has 3 atom stereocenters. The van der Waals surface area contributed by atoms with Gasteiger partial charge in [0, 0.05) is 6.04 Å². The number of nitrogens with zero attached hydrogens (tertiary/aromatic N) is 2. The average Bonchev–Trinajstić information content (AvgIpc) is 2.96. The number of aromatic nitrogens is 3. The zero-order valence-electron chi connectivity index (χ0n) is 11.4. The largest absolute Gasteiger partial charge is 0.301 e. The van der Waals surface area contributed by atoms with Crippen LogP contribution in [0.3, 0.4) is 0 Å². The van der Waals surface area contributed by atoms with Gasteiger partial charge in [-0.2, -0.15) is 5.10 Å². The molecule has 100 valence electrons. The maximum absolute atomic E-state index is 4.22. The van der Waals surface area contributed by atoms with Crippen molar-refractivity contribution in [1.29, 1.82) is 0 Å². The van der Waals surface area contributed by atoms with Crippen molar-refractivity contribution in [3.63, 3.8) is 0 Å². The molecule has 0 aliphatic heterocycles. The second-order valence-electron chi connectivity index (χ2n) is 5.42. The number of rotatable bonds is 3. The minimum atomic E-state index is 0.189. The Bertz CT molecular complexity index is 535. The summed E-state index contributed by atoms with van der Waals surface area (Å²) in [5.74, 6) is 1.56. The predicted molar refractivity (Wildman–Crippen MR) is 74.8 cm³/mol. The van der Waals surface area contributed by atoms with E-state index in [1.165, 1.54) is 24.0 Å². The van der Waals surface area contributed by atoms with E-state index in [-0.39, 0.29) is 6.04 Å². The molecule has 0 spiro atoms. The molecule has 0 bridgehead atoms. The molecule has 1 aliphatic rings. The van der Waals surface area contributed by atoms with Crippen molar-refractivity contribution in [3.8, 4) is 0 Å². The van der Waals surface area contributed by atoms with Crippen molar-refractivity contribution in [3.05, 3.63) is 47.5 Å². The lowest BCUT2D eigenvalue weighted by molar-refractivity contribution is 0.389. The van der Waals surface area contributed by atoms with Crippen molar-refractivity contribution in [2.75, 3.05) is 0 Å². The van der Waals surface area contributed by atoms with E-state index in [9.17, 15) is 0 Å². The number of H-pyrrole nitrogens is 1. The van der Waals surface area contributed by atoms with Gasteiger partial charge in [-0.25, -0.2) is 4.98 Å². The van der Waals surface area contributed by atoms with Gasteiger partial charge in [0.15, 0.2) is 0 Å². The highest BCUT2D eigenvalue weighted by Gasteiger charge is 2.25. The number of aromatic amines is 1. The Balaban J connectivity index is 1.81. The van der Waals surface area contributed by atoms with Crippen LogP contribution in [0.5, 0.6) is 0 Å². The van der Waals surface area contributed by atoms with E-state index in [1.807, 2.05) is 0 Å². The molecule has 2 aromatic rings. The van der Waals surface area contributed by atoms with Gasteiger partial charge in [-0.1, -0.05) is 31.2 Å². The fourth-order valence-electron chi connectivity index (χ4n) is 2.98. The molecular formula is C15H20N4. The monoisotopic (exact) mass is 256 g/mol. The Morgan fingerprint density at radius 3 is 2.79 bits per heavy atom. The lowest BCUT2D eigenvalue weighted by Gasteiger charge is -2.32. The van der Waals surface area contributed by atoms with Crippen LogP contribution in [0.25, 0.3) is 0 Å². The highest BCUT2D eigenvalue weighted by Crippen LogP contribution is 2.37. The van der Waals surface area contributed by atoms with Gasteiger partial charge < -0.3 is 5.32 Å². The SMILES string of the molecule is CC1CCC(NC(C)c2ncn[nH]2)c2ccccc21. The van der Waals surface area contributed by atoms with Crippen molar-refractivity contribution >= 4 is 0 Å². The highest BCUT2D eigenvalue weighted by molar-refractivity contribution is 5.35. The molecule has 4 nitrogen and oxygen atoms in total. The summed E-state index contributed by atoms with van der Waals surface area (Å²) in [6.07, 6.45) is 3.97. The molecule has 0 fully saturated rings. The van der Waals surface area contributed by atoms with Gasteiger partial charge in [0.05, 0.1) is 6.04 Å². The Morgan fingerprint density at radius 2 is 2.05 bits per heavy atom. The summed E-state index contributed by atoms with van der Waals surface area (Å²) in [5.41, 5.74) is 2.92. The summed E-state index contributed by atoms with van der Waals surface area (Å²) in [6.45, 7) is 4.44. The van der Waals surface area contributed by atoms with Crippen molar-refractivity contribution < 1.29 is 0 Å². The predicted octanol–water partition coefficient (Wildman–Crippen LogP) is 3.09. The van der Waals surface area contributed by atoms with Crippen molar-refractivity contribution in [2.24, 2.45) is 0 Å². The lowest BCUT2D eigenvalue weighted by atomic mass is 9.81. The Morgan fingerprint density at radius 1 is 1.26 bits per heavy atom. The van der Waals surface area contributed by atoms with Crippen LogP contribution < -0.4 is 5.32 Å². The van der Waals surface area contributed by atoms with Gasteiger partial charge in [-0.3, -0.25) is 5.10 Å². The van der Waals surface area contributed by atoms with Crippen LogP contribution in [0.1, 0.15) is 61.6 Å². The number of hydrogen-bond donors (Lipinski definition) is 2. The van der Waals surface area contributed by atoms with Crippen LogP contribution in [-0.2, 0) is 0 Å². The van der Waals surface area contributed by atoms with E-state index >= 15 is 0 Å². The van der Waals surface area contributed by atoms with Gasteiger partial charge in [0.25, 0.3) is 0 Å². The van der Waals surface area contributed by atoms with E-state index in [0.717, 1.165) is 5.82 Å². The van der Waals surface area contributed by atoms with E-state index < -0.39 is 0 Å². The van der Waals surface area contributed by atoms with Crippen LogP contribution in [0, 0.1) is 0 Å². The van der Waals surface area contributed by atoms with Gasteiger partial charge in [-0.05, 0) is 36.8 Å². The molecule has 19 heavy (non-hydrogen) atoms. The van der Waals surface area contributed by atoms with Crippen LogP contribution in [0.4, 0.5) is 0 Å². The topological polar surface area (TPSA) is 53.6 Å². The fourth-order valence-corrected chi connectivity index (χ4v) is 2.98. The Hall–Kier alpha value is -1.68. The first-order chi connectivity index (χ1) is 9.25. The zero-order chi connectivity index (χ0) is 13.2. The van der Waals surface area contributed by atoms with Crippen LogP contribution in [-0.4, -0.2) is 15.2 Å². The molecule has 3 unspecified atom stereocenters. The molecular weight excluding hydrogens is 236 g/mol. The first-order valence-electron chi connectivity index (χ1n) is 6.96. The number of hydrogen-bond acceptors (Lipinski definition) is 3. The Labute approximate surface area is 113 Å². The first kappa shape index (κ1) is 12.4. The standard InChI is InChI=1S/C15H20N4/c1-10-7-8-14(13-6-4-3-5-12(10)13)18-11(2)15-16-9-17-19-15/h3-6,9-11,14,18H,7-8H2,1-2H3,(H,16,17,19). The molecule has 0 radical (unpaired) electrons. The third-order valence-corrected chi connectivity index (χ3v) is 4.09. The van der Waals surface area contributed by atoms with Crippen molar-refractivity contribution in [2.45, 2.75) is 44.7 Å². The Kier molecular flexibility index (Phi) is 3.34. The molecule has 0 saturated carbocycles. The summed E-state index contributed by atoms with van der Waals surface area (Å²) in [7, 11) is 0. The molecule has 1 heterocycles. The first-order valence-corrected chi connectivity index (χ1v) is 6.96. The quantitative estimate of drug-likeness (QED) is 0.887. The minimum absolute atomic E-state index is 0.189. The molecule has 1 aliphatic carbocycles. The molecule has 0 saturated heterocycles. The molecule has 1 aromatic heterocycles. The molecule has 3 rings (SSSR count). The van der Waals surface area contributed by atoms with Gasteiger partial charge >= 0.3 is 0 Å². The van der Waals surface area contributed by atoms with Gasteiger partial charge in [0.1, 0.15) is 12.2 Å². The molecule has 0 amide bonds. The number of nitrogens with one attached hydrogen (secondary N) is 2. The average molecular weight is 256 g/mol. The van der Waals surface area contributed by atoms with Gasteiger partial charge in [0.2, 0.25) is 0 Å². The molecule has 1 aromatic carbocycles. The summed E-state index contributed by atoms with van der Waals surface area (Å²) in [4.78, 5) is 4.22. The number of fused-ring (bicyclic) bond motifs is 1. The van der Waals surface area contributed by atoms with Crippen LogP contribution in [0.2, 0.25) is 0 Å². The minimum Gasteiger partial charge on any atom is -0.301 e. The molecule has 4 heteroatoms. The summed E-state index contributed by atoms with van der Waals surface area (Å²) >= 11 is 0. The second-order valence-corrected chi connectivity index (χ2v) is 5.42. The van der Waals surface area contributed by atoms with E-state index in [1.54, 1.807) is 6.33 Å². The van der Waals surface area contributed by atoms with Crippen molar-refractivity contribution in [1.82, 2.24) is 20.5 Å². The van der Waals surface area contributed by atoms with Gasteiger partial charge in [-0.15, -0.1) is 0 Å². The zero-order valence-corrected chi connectivity index (χ0v) is 11.4. The second kappa shape index (κ2) is 5.13. The summed E-state index contributed by atoms with van der Waals surface area (Å²) in [5, 5.41) is 10.5. The van der Waals surface area contributed by atoms with E-state index in [0.29, 0.717) is 12.0 Å². The highest BCUT2D eigenvalue weighted by atomic mass is 15.2. The van der Waals surface area contributed by atoms with E-state index in [4.69, 9.17) is 0 Å². The smallest absolute Gasteiger partial charge is 0.141 e. The summed E-state index contributed by atoms with van der Waals surface area (Å²) in [6, 6.07) is 9.37.